The zero-order valence-electron chi connectivity index (χ0n) is 13.0. The molecular formula is C18H22N2O2. The summed E-state index contributed by atoms with van der Waals surface area (Å²) in [6.07, 6.45) is 0.472. The summed E-state index contributed by atoms with van der Waals surface area (Å²) in [5, 5.41) is 16.0. The van der Waals surface area contributed by atoms with Crippen LogP contribution in [0, 0.1) is 0 Å². The van der Waals surface area contributed by atoms with E-state index in [4.69, 9.17) is 0 Å². The summed E-state index contributed by atoms with van der Waals surface area (Å²) in [5.74, 6) is 0.318. The zero-order chi connectivity index (χ0) is 15.9. The Labute approximate surface area is 131 Å². The number of rotatable bonds is 6. The topological polar surface area (TPSA) is 61.4 Å². The Morgan fingerprint density at radius 2 is 1.82 bits per heavy atom. The van der Waals surface area contributed by atoms with E-state index < -0.39 is 0 Å². The van der Waals surface area contributed by atoms with Crippen molar-refractivity contribution in [3.8, 4) is 5.75 Å². The molecule has 116 valence electrons. The van der Waals surface area contributed by atoms with E-state index >= 15 is 0 Å². The fourth-order valence-electron chi connectivity index (χ4n) is 2.15. The van der Waals surface area contributed by atoms with E-state index in [-0.39, 0.29) is 11.9 Å². The van der Waals surface area contributed by atoms with Crippen LogP contribution in [0.1, 0.15) is 37.4 Å². The number of hydrogen-bond donors (Lipinski definition) is 3. The molecule has 3 N–H and O–H groups in total. The van der Waals surface area contributed by atoms with Crippen LogP contribution in [0.15, 0.2) is 48.5 Å². The second-order valence-corrected chi connectivity index (χ2v) is 5.26. The molecule has 2 rings (SSSR count). The average molecular weight is 298 g/mol. The van der Waals surface area contributed by atoms with E-state index in [2.05, 4.69) is 17.6 Å². The van der Waals surface area contributed by atoms with Crippen LogP contribution in [0.3, 0.4) is 0 Å². The molecule has 2 aromatic carbocycles. The monoisotopic (exact) mass is 298 g/mol. The second-order valence-electron chi connectivity index (χ2n) is 5.26. The van der Waals surface area contributed by atoms with Crippen molar-refractivity contribution in [2.45, 2.75) is 32.9 Å². The Morgan fingerprint density at radius 3 is 2.45 bits per heavy atom. The predicted molar refractivity (Wildman–Crippen MR) is 88.7 cm³/mol. The minimum Gasteiger partial charge on any atom is -0.508 e. The number of benzene rings is 2. The van der Waals surface area contributed by atoms with Gasteiger partial charge in [0.25, 0.3) is 0 Å². The summed E-state index contributed by atoms with van der Waals surface area (Å²) < 4.78 is 0. The average Bonchev–Trinajstić information content (AvgIpc) is 2.54. The Kier molecular flexibility index (Phi) is 5.55. The standard InChI is InChI=1S/C18H22N2O2/c1-3-18(22)20-16-10-8-14(9-11-16)13(2)19-12-15-6-4-5-7-17(15)21/h4-11,13,19,21H,3,12H2,1-2H3,(H,20,22)/t13-/m0/s1. The first-order valence-corrected chi connectivity index (χ1v) is 7.50. The minimum atomic E-state index is 0.0125. The maximum Gasteiger partial charge on any atom is 0.224 e. The first kappa shape index (κ1) is 16.0. The van der Waals surface area contributed by atoms with Gasteiger partial charge in [-0.25, -0.2) is 0 Å². The van der Waals surface area contributed by atoms with Crippen molar-refractivity contribution in [1.29, 1.82) is 0 Å². The summed E-state index contributed by atoms with van der Waals surface area (Å²) in [6, 6.07) is 15.3. The third-order valence-electron chi connectivity index (χ3n) is 3.61. The summed E-state index contributed by atoms with van der Waals surface area (Å²) >= 11 is 0. The molecule has 4 nitrogen and oxygen atoms in total. The lowest BCUT2D eigenvalue weighted by Crippen LogP contribution is -2.18. The number of anilines is 1. The van der Waals surface area contributed by atoms with Crippen molar-refractivity contribution in [3.63, 3.8) is 0 Å². The molecule has 0 aliphatic carbocycles. The van der Waals surface area contributed by atoms with Gasteiger partial charge in [-0.2, -0.15) is 0 Å². The van der Waals surface area contributed by atoms with Gasteiger partial charge in [-0.1, -0.05) is 37.3 Å². The van der Waals surface area contributed by atoms with Crippen molar-refractivity contribution in [2.24, 2.45) is 0 Å². The number of carbonyl (C=O) groups excluding carboxylic acids is 1. The number of para-hydroxylation sites is 1. The quantitative estimate of drug-likeness (QED) is 0.763. The van der Waals surface area contributed by atoms with Gasteiger partial charge in [-0.05, 0) is 30.7 Å². The van der Waals surface area contributed by atoms with E-state index in [9.17, 15) is 9.90 Å². The van der Waals surface area contributed by atoms with E-state index in [1.807, 2.05) is 49.4 Å². The van der Waals surface area contributed by atoms with E-state index in [0.717, 1.165) is 16.8 Å². The molecule has 0 saturated heterocycles. The lowest BCUT2D eigenvalue weighted by atomic mass is 10.1. The fraction of sp³-hybridized carbons (Fsp3) is 0.278. The smallest absolute Gasteiger partial charge is 0.224 e. The van der Waals surface area contributed by atoms with Crippen molar-refractivity contribution < 1.29 is 9.90 Å². The molecule has 0 aromatic heterocycles. The van der Waals surface area contributed by atoms with Gasteiger partial charge in [0, 0.05) is 30.3 Å². The molecule has 4 heteroatoms. The van der Waals surface area contributed by atoms with Gasteiger partial charge in [0.15, 0.2) is 0 Å². The van der Waals surface area contributed by atoms with Crippen LogP contribution in [0.25, 0.3) is 0 Å². The maximum absolute atomic E-state index is 11.3. The molecular weight excluding hydrogens is 276 g/mol. The molecule has 0 aliphatic heterocycles. The summed E-state index contributed by atoms with van der Waals surface area (Å²) in [7, 11) is 0. The largest absolute Gasteiger partial charge is 0.508 e. The van der Waals surface area contributed by atoms with Gasteiger partial charge in [0.05, 0.1) is 0 Å². The van der Waals surface area contributed by atoms with Crippen LogP contribution in [-0.2, 0) is 11.3 Å². The Bertz CT molecular complexity index is 623. The Morgan fingerprint density at radius 1 is 1.14 bits per heavy atom. The molecule has 0 radical (unpaired) electrons. The van der Waals surface area contributed by atoms with Crippen LogP contribution in [0.5, 0.6) is 5.75 Å². The molecule has 22 heavy (non-hydrogen) atoms. The van der Waals surface area contributed by atoms with E-state index in [1.54, 1.807) is 6.07 Å². The fourth-order valence-corrected chi connectivity index (χ4v) is 2.15. The van der Waals surface area contributed by atoms with Crippen LogP contribution in [0.2, 0.25) is 0 Å². The van der Waals surface area contributed by atoms with Gasteiger partial charge in [-0.3, -0.25) is 4.79 Å². The molecule has 0 bridgehead atoms. The molecule has 1 amide bonds. The first-order valence-electron chi connectivity index (χ1n) is 7.50. The predicted octanol–water partition coefficient (Wildman–Crippen LogP) is 3.59. The highest BCUT2D eigenvalue weighted by Crippen LogP contribution is 2.19. The molecule has 0 saturated carbocycles. The van der Waals surface area contributed by atoms with Gasteiger partial charge in [-0.15, -0.1) is 0 Å². The number of aromatic hydroxyl groups is 1. The van der Waals surface area contributed by atoms with Crippen molar-refractivity contribution >= 4 is 11.6 Å². The highest BCUT2D eigenvalue weighted by atomic mass is 16.3. The molecule has 0 spiro atoms. The Balaban J connectivity index is 1.94. The number of phenols is 1. The summed E-state index contributed by atoms with van der Waals surface area (Å²) in [5.41, 5.74) is 2.81. The van der Waals surface area contributed by atoms with E-state index in [0.29, 0.717) is 18.7 Å². The number of hydrogen-bond acceptors (Lipinski definition) is 3. The van der Waals surface area contributed by atoms with Gasteiger partial charge >= 0.3 is 0 Å². The highest BCUT2D eigenvalue weighted by molar-refractivity contribution is 5.90. The third kappa shape index (κ3) is 4.33. The minimum absolute atomic E-state index is 0.0125. The zero-order valence-corrected chi connectivity index (χ0v) is 13.0. The van der Waals surface area contributed by atoms with Crippen molar-refractivity contribution in [3.05, 3.63) is 59.7 Å². The molecule has 1 atom stereocenters. The van der Waals surface area contributed by atoms with E-state index in [1.165, 1.54) is 0 Å². The van der Waals surface area contributed by atoms with Crippen LogP contribution in [0.4, 0.5) is 5.69 Å². The van der Waals surface area contributed by atoms with Crippen LogP contribution >= 0.6 is 0 Å². The molecule has 2 aromatic rings. The van der Waals surface area contributed by atoms with Gasteiger partial charge in [0.2, 0.25) is 5.91 Å². The normalized spacial score (nSPS) is 11.9. The number of amides is 1. The first-order chi connectivity index (χ1) is 10.6. The lowest BCUT2D eigenvalue weighted by molar-refractivity contribution is -0.115. The van der Waals surface area contributed by atoms with Crippen molar-refractivity contribution in [1.82, 2.24) is 5.32 Å². The molecule has 0 unspecified atom stereocenters. The maximum atomic E-state index is 11.3. The van der Waals surface area contributed by atoms with Crippen LogP contribution < -0.4 is 10.6 Å². The highest BCUT2D eigenvalue weighted by Gasteiger charge is 2.07. The summed E-state index contributed by atoms with van der Waals surface area (Å²) in [4.78, 5) is 11.3. The van der Waals surface area contributed by atoms with Gasteiger partial charge in [0.1, 0.15) is 5.75 Å². The van der Waals surface area contributed by atoms with Crippen molar-refractivity contribution in [2.75, 3.05) is 5.32 Å². The van der Waals surface area contributed by atoms with Gasteiger partial charge < -0.3 is 15.7 Å². The molecule has 0 heterocycles. The summed E-state index contributed by atoms with van der Waals surface area (Å²) in [6.45, 7) is 4.50. The number of phenolic OH excluding ortho intramolecular Hbond substituents is 1. The number of nitrogens with one attached hydrogen (secondary N) is 2. The molecule has 0 aliphatic rings. The van der Waals surface area contributed by atoms with Crippen LogP contribution in [-0.4, -0.2) is 11.0 Å². The second kappa shape index (κ2) is 7.61. The number of carbonyl (C=O) groups is 1. The Hall–Kier alpha value is -2.33. The molecule has 0 fully saturated rings. The lowest BCUT2D eigenvalue weighted by Gasteiger charge is -2.15. The third-order valence-corrected chi connectivity index (χ3v) is 3.61. The SMILES string of the molecule is CCC(=O)Nc1ccc([C@H](C)NCc2ccccc2O)cc1.